The third-order valence-electron chi connectivity index (χ3n) is 12.7. The molecule has 0 aliphatic carbocycles. The van der Waals surface area contributed by atoms with E-state index >= 15 is 0 Å². The van der Waals surface area contributed by atoms with Crippen LogP contribution in [0.2, 0.25) is 0 Å². The van der Waals surface area contributed by atoms with Crippen molar-refractivity contribution in [2.45, 2.75) is 303 Å². The first kappa shape index (κ1) is 65.1. The van der Waals surface area contributed by atoms with Crippen LogP contribution in [0.3, 0.4) is 0 Å². The summed E-state index contributed by atoms with van der Waals surface area (Å²) in [6.07, 6.45) is 70.6. The molecule has 0 saturated carbocycles. The molecule has 394 valence electrons. The highest BCUT2D eigenvalue weighted by molar-refractivity contribution is 5.71. The van der Waals surface area contributed by atoms with E-state index in [9.17, 15) is 14.4 Å². The van der Waals surface area contributed by atoms with Gasteiger partial charge in [0.05, 0.1) is 0 Å². The number of hydrogen-bond donors (Lipinski definition) is 0. The fourth-order valence-electron chi connectivity index (χ4n) is 8.28. The Balaban J connectivity index is 4.38. The number of ether oxygens (including phenoxy) is 3. The van der Waals surface area contributed by atoms with Gasteiger partial charge in [0.15, 0.2) is 6.10 Å². The highest BCUT2D eigenvalue weighted by Gasteiger charge is 2.19. The highest BCUT2D eigenvalue weighted by Crippen LogP contribution is 2.15. The molecule has 0 rings (SSSR count). The average Bonchev–Trinajstić information content (AvgIpc) is 3.34. The zero-order valence-electron chi connectivity index (χ0n) is 45.1. The van der Waals surface area contributed by atoms with Crippen molar-refractivity contribution in [3.05, 3.63) is 60.8 Å². The molecule has 0 aromatic heterocycles. The summed E-state index contributed by atoms with van der Waals surface area (Å²) in [5.74, 6) is -0.899. The van der Waals surface area contributed by atoms with Crippen LogP contribution in [-0.4, -0.2) is 37.2 Å². The summed E-state index contributed by atoms with van der Waals surface area (Å²) in [6.45, 7) is 6.59. The second kappa shape index (κ2) is 56.7. The van der Waals surface area contributed by atoms with Crippen LogP contribution in [0.1, 0.15) is 297 Å². The quantitative estimate of drug-likeness (QED) is 0.0199. The second-order valence-electron chi connectivity index (χ2n) is 19.6. The van der Waals surface area contributed by atoms with Gasteiger partial charge in [-0.15, -0.1) is 0 Å². The molecule has 0 N–H and O–H groups in total. The fourth-order valence-corrected chi connectivity index (χ4v) is 8.28. The number of esters is 3. The topological polar surface area (TPSA) is 78.9 Å². The molecular formula is C62H110O6. The van der Waals surface area contributed by atoms with E-state index in [1.54, 1.807) is 0 Å². The van der Waals surface area contributed by atoms with Crippen molar-refractivity contribution in [3.63, 3.8) is 0 Å². The van der Waals surface area contributed by atoms with Crippen molar-refractivity contribution < 1.29 is 28.6 Å². The van der Waals surface area contributed by atoms with E-state index in [1.165, 1.54) is 173 Å². The summed E-state index contributed by atoms with van der Waals surface area (Å²) >= 11 is 0. The maximum atomic E-state index is 12.9. The van der Waals surface area contributed by atoms with Gasteiger partial charge in [0.2, 0.25) is 0 Å². The number of carbonyl (C=O) groups excluding carboxylic acids is 3. The first-order valence-corrected chi connectivity index (χ1v) is 29.3. The third-order valence-corrected chi connectivity index (χ3v) is 12.7. The monoisotopic (exact) mass is 951 g/mol. The lowest BCUT2D eigenvalue weighted by atomic mass is 10.1. The number of allylic oxidation sites excluding steroid dienone is 10. The minimum absolute atomic E-state index is 0.0829. The Morgan fingerprint density at radius 3 is 0.956 bits per heavy atom. The maximum Gasteiger partial charge on any atom is 0.306 e. The molecule has 1 atom stereocenters. The molecule has 68 heavy (non-hydrogen) atoms. The fraction of sp³-hybridized carbons (Fsp3) is 0.790. The molecule has 0 spiro atoms. The Hall–Kier alpha value is -2.89. The van der Waals surface area contributed by atoms with Gasteiger partial charge in [-0.3, -0.25) is 14.4 Å². The number of unbranched alkanes of at least 4 members (excludes halogenated alkanes) is 33. The van der Waals surface area contributed by atoms with Gasteiger partial charge in [0.1, 0.15) is 13.2 Å². The molecule has 0 radical (unpaired) electrons. The molecule has 0 aromatic rings. The van der Waals surface area contributed by atoms with E-state index in [2.05, 4.69) is 81.5 Å². The lowest BCUT2D eigenvalue weighted by Crippen LogP contribution is -2.30. The van der Waals surface area contributed by atoms with Crippen LogP contribution in [0, 0.1) is 0 Å². The molecule has 0 heterocycles. The molecule has 0 aromatic carbocycles. The van der Waals surface area contributed by atoms with Crippen LogP contribution in [0.25, 0.3) is 0 Å². The molecular weight excluding hydrogens is 841 g/mol. The van der Waals surface area contributed by atoms with Gasteiger partial charge in [-0.2, -0.15) is 0 Å². The zero-order chi connectivity index (χ0) is 49.3. The summed E-state index contributed by atoms with van der Waals surface area (Å²) in [4.78, 5) is 38.2. The third kappa shape index (κ3) is 54.1. The van der Waals surface area contributed by atoms with E-state index in [1.807, 2.05) is 0 Å². The Morgan fingerprint density at radius 2 is 0.574 bits per heavy atom. The molecule has 6 heteroatoms. The molecule has 6 nitrogen and oxygen atoms in total. The number of carbonyl (C=O) groups is 3. The maximum absolute atomic E-state index is 12.9. The van der Waals surface area contributed by atoms with Gasteiger partial charge >= 0.3 is 17.9 Å². The molecule has 0 aliphatic rings. The standard InChI is InChI=1S/C62H110O6/c1-4-7-10-13-16-19-22-25-28-30-31-33-34-37-40-43-46-49-52-55-61(64)67-58-59(57-66-60(63)54-51-48-45-42-39-36-27-24-21-18-15-12-9-6-3)68-62(65)56-53-50-47-44-41-38-35-32-29-26-23-20-17-14-11-8-5-2/h16-17,19-20,22,25-26,29,36,39,59H,4-15,18,21,23-24,27-28,30-35,37-38,40-58H2,1-3H3/b19-16-,20-17-,25-22-,29-26-,39-36-. The average molecular weight is 952 g/mol. The zero-order valence-corrected chi connectivity index (χ0v) is 45.1. The molecule has 0 amide bonds. The summed E-state index contributed by atoms with van der Waals surface area (Å²) in [5, 5.41) is 0. The Morgan fingerprint density at radius 1 is 0.309 bits per heavy atom. The highest BCUT2D eigenvalue weighted by atomic mass is 16.6. The molecule has 0 fully saturated rings. The molecule has 1 unspecified atom stereocenters. The van der Waals surface area contributed by atoms with Gasteiger partial charge in [-0.25, -0.2) is 0 Å². The van der Waals surface area contributed by atoms with E-state index < -0.39 is 6.10 Å². The van der Waals surface area contributed by atoms with E-state index in [0.717, 1.165) is 83.5 Å². The number of rotatable bonds is 53. The second-order valence-corrected chi connectivity index (χ2v) is 19.6. The summed E-state index contributed by atoms with van der Waals surface area (Å²) in [7, 11) is 0. The molecule has 0 bridgehead atoms. The predicted octanol–water partition coefficient (Wildman–Crippen LogP) is 19.6. The van der Waals surface area contributed by atoms with Crippen LogP contribution < -0.4 is 0 Å². The van der Waals surface area contributed by atoms with Crippen LogP contribution in [0.15, 0.2) is 60.8 Å². The van der Waals surface area contributed by atoms with Gasteiger partial charge in [0.25, 0.3) is 0 Å². The van der Waals surface area contributed by atoms with Crippen molar-refractivity contribution in [1.29, 1.82) is 0 Å². The summed E-state index contributed by atoms with van der Waals surface area (Å²) in [5.41, 5.74) is 0. The van der Waals surface area contributed by atoms with Gasteiger partial charge < -0.3 is 14.2 Å². The Labute approximate surface area is 421 Å². The van der Waals surface area contributed by atoms with Crippen LogP contribution in [0.4, 0.5) is 0 Å². The lowest BCUT2D eigenvalue weighted by Gasteiger charge is -2.18. The van der Waals surface area contributed by atoms with Crippen LogP contribution >= 0.6 is 0 Å². The van der Waals surface area contributed by atoms with Crippen molar-refractivity contribution in [2.75, 3.05) is 13.2 Å². The minimum Gasteiger partial charge on any atom is -0.462 e. The minimum atomic E-state index is -0.786. The number of hydrogen-bond acceptors (Lipinski definition) is 6. The Bertz CT molecular complexity index is 1230. The van der Waals surface area contributed by atoms with Gasteiger partial charge in [-0.05, 0) is 103 Å². The first-order chi connectivity index (χ1) is 33.5. The van der Waals surface area contributed by atoms with Gasteiger partial charge in [0, 0.05) is 19.3 Å². The summed E-state index contributed by atoms with van der Waals surface area (Å²) in [6, 6.07) is 0. The van der Waals surface area contributed by atoms with Crippen molar-refractivity contribution in [2.24, 2.45) is 0 Å². The summed E-state index contributed by atoms with van der Waals surface area (Å²) < 4.78 is 16.9. The molecule has 0 saturated heterocycles. The SMILES string of the molecule is CCCCC/C=C\C=C/CCCCCCCCCCCCC(=O)OCC(COC(=O)CCCCC/C=C\CCCCCCCCC)OC(=O)CCCCCCCCC/C=C\C/C=C\CCCCC. The van der Waals surface area contributed by atoms with Crippen LogP contribution in [0.5, 0.6) is 0 Å². The smallest absolute Gasteiger partial charge is 0.306 e. The van der Waals surface area contributed by atoms with E-state index in [0.29, 0.717) is 19.3 Å². The van der Waals surface area contributed by atoms with Gasteiger partial charge in [-0.1, -0.05) is 236 Å². The predicted molar refractivity (Wildman–Crippen MR) is 293 cm³/mol. The first-order valence-electron chi connectivity index (χ1n) is 29.3. The van der Waals surface area contributed by atoms with Crippen molar-refractivity contribution in [3.8, 4) is 0 Å². The van der Waals surface area contributed by atoms with Crippen LogP contribution in [-0.2, 0) is 28.6 Å². The van der Waals surface area contributed by atoms with Crippen molar-refractivity contribution >= 4 is 17.9 Å². The molecule has 0 aliphatic heterocycles. The largest absolute Gasteiger partial charge is 0.462 e. The van der Waals surface area contributed by atoms with E-state index in [-0.39, 0.29) is 31.1 Å². The van der Waals surface area contributed by atoms with E-state index in [4.69, 9.17) is 14.2 Å². The normalized spacial score (nSPS) is 12.5. The van der Waals surface area contributed by atoms with Crippen molar-refractivity contribution in [1.82, 2.24) is 0 Å². The lowest BCUT2D eigenvalue weighted by molar-refractivity contribution is -0.167. The Kier molecular flexibility index (Phi) is 54.3.